The Morgan fingerprint density at radius 2 is 1.85 bits per heavy atom. The van der Waals surface area contributed by atoms with Crippen LogP contribution in [0.4, 0.5) is 0 Å². The highest BCUT2D eigenvalue weighted by Gasteiger charge is 2.10. The van der Waals surface area contributed by atoms with E-state index >= 15 is 0 Å². The topological polar surface area (TPSA) is 29.5 Å². The first-order valence-corrected chi connectivity index (χ1v) is 7.63. The number of halogens is 1. The van der Waals surface area contributed by atoms with Gasteiger partial charge in [0.25, 0.3) is 0 Å². The van der Waals surface area contributed by atoms with Crippen molar-refractivity contribution in [3.05, 3.63) is 58.1 Å². The van der Waals surface area contributed by atoms with Gasteiger partial charge in [-0.3, -0.25) is 0 Å². The van der Waals surface area contributed by atoms with Crippen LogP contribution in [-0.4, -0.2) is 5.11 Å². The maximum atomic E-state index is 9.79. The van der Waals surface area contributed by atoms with Crippen LogP contribution in [0.15, 0.2) is 46.9 Å². The van der Waals surface area contributed by atoms with Gasteiger partial charge in [0.1, 0.15) is 11.5 Å². The SMILES string of the molecule is CCCc1ccc(Oc2cc(Br)ccc2C(C)O)cc1. The fraction of sp³-hybridized carbons (Fsp3) is 0.294. The van der Waals surface area contributed by atoms with Crippen LogP contribution in [0.1, 0.15) is 37.5 Å². The van der Waals surface area contributed by atoms with Crippen LogP contribution < -0.4 is 4.74 Å². The van der Waals surface area contributed by atoms with E-state index in [4.69, 9.17) is 4.74 Å². The van der Waals surface area contributed by atoms with Crippen molar-refractivity contribution in [3.63, 3.8) is 0 Å². The third-order valence-corrected chi connectivity index (χ3v) is 3.61. The van der Waals surface area contributed by atoms with E-state index in [1.807, 2.05) is 30.3 Å². The van der Waals surface area contributed by atoms with Gasteiger partial charge in [-0.25, -0.2) is 0 Å². The second-order valence-electron chi connectivity index (χ2n) is 4.85. The van der Waals surface area contributed by atoms with Crippen LogP contribution in [0.5, 0.6) is 11.5 Å². The number of aliphatic hydroxyl groups excluding tert-OH is 1. The largest absolute Gasteiger partial charge is 0.457 e. The predicted octanol–water partition coefficient (Wildman–Crippen LogP) is 5.25. The van der Waals surface area contributed by atoms with Crippen molar-refractivity contribution in [1.29, 1.82) is 0 Å². The Balaban J connectivity index is 2.22. The fourth-order valence-corrected chi connectivity index (χ4v) is 2.42. The molecule has 20 heavy (non-hydrogen) atoms. The molecule has 0 aliphatic heterocycles. The lowest BCUT2D eigenvalue weighted by Crippen LogP contribution is -1.96. The molecular weight excluding hydrogens is 316 g/mol. The van der Waals surface area contributed by atoms with Crippen LogP contribution in [-0.2, 0) is 6.42 Å². The maximum Gasteiger partial charge on any atom is 0.134 e. The van der Waals surface area contributed by atoms with Crippen LogP contribution in [0.2, 0.25) is 0 Å². The van der Waals surface area contributed by atoms with Crippen molar-refractivity contribution in [2.45, 2.75) is 32.8 Å². The molecule has 3 heteroatoms. The van der Waals surface area contributed by atoms with E-state index in [0.29, 0.717) is 5.75 Å². The third-order valence-electron chi connectivity index (χ3n) is 3.12. The Labute approximate surface area is 128 Å². The maximum absolute atomic E-state index is 9.79. The Morgan fingerprint density at radius 3 is 2.45 bits per heavy atom. The molecule has 0 radical (unpaired) electrons. The summed E-state index contributed by atoms with van der Waals surface area (Å²) in [5, 5.41) is 9.79. The molecule has 2 rings (SSSR count). The molecule has 0 aliphatic rings. The molecule has 2 aromatic carbocycles. The Hall–Kier alpha value is -1.32. The van der Waals surface area contributed by atoms with Crippen LogP contribution >= 0.6 is 15.9 Å². The predicted molar refractivity (Wildman–Crippen MR) is 85.3 cm³/mol. The highest BCUT2D eigenvalue weighted by Crippen LogP contribution is 2.32. The van der Waals surface area contributed by atoms with E-state index in [1.54, 1.807) is 6.92 Å². The number of rotatable bonds is 5. The number of aliphatic hydroxyl groups is 1. The monoisotopic (exact) mass is 334 g/mol. The lowest BCUT2D eigenvalue weighted by atomic mass is 10.1. The first kappa shape index (κ1) is 15.1. The van der Waals surface area contributed by atoms with Crippen LogP contribution in [0.3, 0.4) is 0 Å². The minimum absolute atomic E-state index is 0.558. The molecule has 0 amide bonds. The van der Waals surface area contributed by atoms with E-state index in [1.165, 1.54) is 5.56 Å². The Kier molecular flexibility index (Phi) is 5.21. The lowest BCUT2D eigenvalue weighted by Gasteiger charge is -2.14. The molecule has 0 aromatic heterocycles. The van der Waals surface area contributed by atoms with Crippen LogP contribution in [0, 0.1) is 0 Å². The summed E-state index contributed by atoms with van der Waals surface area (Å²) >= 11 is 3.43. The highest BCUT2D eigenvalue weighted by atomic mass is 79.9. The quantitative estimate of drug-likeness (QED) is 0.809. The van der Waals surface area contributed by atoms with Crippen LogP contribution in [0.25, 0.3) is 0 Å². The zero-order valence-electron chi connectivity index (χ0n) is 11.8. The molecule has 0 bridgehead atoms. The van der Waals surface area contributed by atoms with Crippen molar-refractivity contribution in [2.75, 3.05) is 0 Å². The van der Waals surface area contributed by atoms with Gasteiger partial charge < -0.3 is 9.84 Å². The summed E-state index contributed by atoms with van der Waals surface area (Å²) in [7, 11) is 0. The normalized spacial score (nSPS) is 12.2. The van der Waals surface area contributed by atoms with Gasteiger partial charge in [-0.2, -0.15) is 0 Å². The molecule has 2 aromatic rings. The molecule has 0 saturated carbocycles. The lowest BCUT2D eigenvalue weighted by molar-refractivity contribution is 0.195. The number of hydrogen-bond donors (Lipinski definition) is 1. The van der Waals surface area contributed by atoms with Gasteiger partial charge >= 0.3 is 0 Å². The van der Waals surface area contributed by atoms with E-state index < -0.39 is 6.10 Å². The molecule has 106 valence electrons. The van der Waals surface area contributed by atoms with Gasteiger partial charge in [-0.1, -0.05) is 47.5 Å². The summed E-state index contributed by atoms with van der Waals surface area (Å²) < 4.78 is 6.82. The van der Waals surface area contributed by atoms with Crippen molar-refractivity contribution >= 4 is 15.9 Å². The van der Waals surface area contributed by atoms with E-state index in [9.17, 15) is 5.11 Å². The number of hydrogen-bond acceptors (Lipinski definition) is 2. The molecular formula is C17H19BrO2. The van der Waals surface area contributed by atoms with Crippen molar-refractivity contribution in [2.24, 2.45) is 0 Å². The van der Waals surface area contributed by atoms with Gasteiger partial charge in [-0.15, -0.1) is 0 Å². The van der Waals surface area contributed by atoms with Gasteiger partial charge in [0.2, 0.25) is 0 Å². The summed E-state index contributed by atoms with van der Waals surface area (Å²) in [5.41, 5.74) is 2.09. The van der Waals surface area contributed by atoms with Crippen molar-refractivity contribution < 1.29 is 9.84 Å². The summed E-state index contributed by atoms with van der Waals surface area (Å²) in [6, 6.07) is 13.8. The van der Waals surface area contributed by atoms with Gasteiger partial charge in [0.15, 0.2) is 0 Å². The van der Waals surface area contributed by atoms with Gasteiger partial charge in [-0.05, 0) is 43.2 Å². The summed E-state index contributed by atoms with van der Waals surface area (Å²) in [4.78, 5) is 0. The first-order valence-electron chi connectivity index (χ1n) is 6.84. The van der Waals surface area contributed by atoms with Gasteiger partial charge in [0.05, 0.1) is 6.10 Å². The zero-order chi connectivity index (χ0) is 14.5. The van der Waals surface area contributed by atoms with E-state index in [2.05, 4.69) is 35.0 Å². The molecule has 0 aliphatic carbocycles. The minimum atomic E-state index is -0.558. The standard InChI is InChI=1S/C17H19BrO2/c1-3-4-13-5-8-15(9-6-13)20-17-11-14(18)7-10-16(17)12(2)19/h5-12,19H,3-4H2,1-2H3. The Bertz CT molecular complexity index is 562. The Morgan fingerprint density at radius 1 is 1.15 bits per heavy atom. The molecule has 0 saturated heterocycles. The number of benzene rings is 2. The van der Waals surface area contributed by atoms with E-state index in [-0.39, 0.29) is 0 Å². The third kappa shape index (κ3) is 3.84. The average Bonchev–Trinajstić information content (AvgIpc) is 2.41. The first-order chi connectivity index (χ1) is 9.60. The molecule has 1 N–H and O–H groups in total. The highest BCUT2D eigenvalue weighted by molar-refractivity contribution is 9.10. The molecule has 1 unspecified atom stereocenters. The summed E-state index contributed by atoms with van der Waals surface area (Å²) in [6.45, 7) is 3.90. The smallest absolute Gasteiger partial charge is 0.134 e. The molecule has 0 fully saturated rings. The minimum Gasteiger partial charge on any atom is -0.457 e. The van der Waals surface area contributed by atoms with E-state index in [0.717, 1.165) is 28.6 Å². The zero-order valence-corrected chi connectivity index (χ0v) is 13.4. The number of aryl methyl sites for hydroxylation is 1. The molecule has 0 heterocycles. The molecule has 1 atom stereocenters. The summed E-state index contributed by atoms with van der Waals surface area (Å²) in [6.07, 6.45) is 1.66. The van der Waals surface area contributed by atoms with Crippen molar-refractivity contribution in [3.8, 4) is 11.5 Å². The van der Waals surface area contributed by atoms with Crippen molar-refractivity contribution in [1.82, 2.24) is 0 Å². The number of ether oxygens (including phenoxy) is 1. The second-order valence-corrected chi connectivity index (χ2v) is 5.77. The summed E-state index contributed by atoms with van der Waals surface area (Å²) in [5.74, 6) is 1.46. The molecule has 2 nitrogen and oxygen atoms in total. The molecule has 0 spiro atoms. The van der Waals surface area contributed by atoms with Gasteiger partial charge in [0, 0.05) is 10.0 Å². The second kappa shape index (κ2) is 6.91. The fourth-order valence-electron chi connectivity index (χ4n) is 2.08. The average molecular weight is 335 g/mol.